The van der Waals surface area contributed by atoms with E-state index in [-0.39, 0.29) is 5.97 Å². The van der Waals surface area contributed by atoms with Crippen LogP contribution >= 0.6 is 0 Å². The van der Waals surface area contributed by atoms with Gasteiger partial charge in [-0.1, -0.05) is 25.2 Å². The summed E-state index contributed by atoms with van der Waals surface area (Å²) in [6, 6.07) is 0. The van der Waals surface area contributed by atoms with Gasteiger partial charge in [-0.3, -0.25) is 4.79 Å². The molecule has 2 heteroatoms. The van der Waals surface area contributed by atoms with E-state index in [1.54, 1.807) is 0 Å². The van der Waals surface area contributed by atoms with Crippen molar-refractivity contribution in [3.05, 3.63) is 23.8 Å². The zero-order valence-electron chi connectivity index (χ0n) is 12.4. The Morgan fingerprint density at radius 1 is 1.42 bits per heavy atom. The minimum Gasteiger partial charge on any atom is -0.461 e. The van der Waals surface area contributed by atoms with Crippen LogP contribution in [0.3, 0.4) is 0 Å². The Bertz CT molecular complexity index is 394. The Morgan fingerprint density at radius 2 is 2.16 bits per heavy atom. The molecule has 0 N–H and O–H groups in total. The van der Waals surface area contributed by atoms with Crippen LogP contribution in [0.25, 0.3) is 0 Å². The van der Waals surface area contributed by atoms with Gasteiger partial charge in [-0.2, -0.15) is 0 Å². The molecule has 0 aromatic carbocycles. The minimum absolute atomic E-state index is 0.211. The first-order chi connectivity index (χ1) is 8.99. The van der Waals surface area contributed by atoms with E-state index in [1.807, 2.05) is 0 Å². The second-order valence-corrected chi connectivity index (χ2v) is 6.39. The van der Waals surface area contributed by atoms with Crippen molar-refractivity contribution in [2.24, 2.45) is 23.7 Å². The fraction of sp³-hybridized carbons (Fsp3) is 0.706. The van der Waals surface area contributed by atoms with E-state index in [1.165, 1.54) is 38.2 Å². The highest BCUT2D eigenvalue weighted by atomic mass is 16.5. The van der Waals surface area contributed by atoms with Crippen molar-refractivity contribution < 1.29 is 9.53 Å². The molecule has 1 fully saturated rings. The van der Waals surface area contributed by atoms with Crippen molar-refractivity contribution in [1.29, 1.82) is 0 Å². The van der Waals surface area contributed by atoms with Crippen LogP contribution in [0, 0.1) is 23.7 Å². The number of allylic oxidation sites excluding steroid dienone is 2. The van der Waals surface area contributed by atoms with Gasteiger partial charge in [0.2, 0.25) is 0 Å². The Hall–Kier alpha value is -1.05. The first-order valence-electron chi connectivity index (χ1n) is 7.47. The second kappa shape index (κ2) is 5.94. The van der Waals surface area contributed by atoms with Crippen LogP contribution in [0.1, 0.15) is 46.5 Å². The molecule has 0 unspecified atom stereocenters. The molecule has 0 aromatic heterocycles. The molecule has 0 aliphatic heterocycles. The van der Waals surface area contributed by atoms with Gasteiger partial charge in [0, 0.05) is 6.92 Å². The van der Waals surface area contributed by atoms with Crippen molar-refractivity contribution in [3.8, 4) is 0 Å². The number of rotatable bonds is 3. The average molecular weight is 262 g/mol. The van der Waals surface area contributed by atoms with Crippen molar-refractivity contribution in [1.82, 2.24) is 0 Å². The molecule has 0 heterocycles. The summed E-state index contributed by atoms with van der Waals surface area (Å²) >= 11 is 0. The summed E-state index contributed by atoms with van der Waals surface area (Å²) in [5.41, 5.74) is 2.61. The molecule has 2 rings (SSSR count). The molecule has 0 spiro atoms. The molecule has 0 saturated heterocycles. The van der Waals surface area contributed by atoms with Gasteiger partial charge < -0.3 is 4.74 Å². The van der Waals surface area contributed by atoms with Crippen molar-refractivity contribution >= 4 is 5.97 Å². The number of carbonyl (C=O) groups is 1. The molecule has 19 heavy (non-hydrogen) atoms. The van der Waals surface area contributed by atoms with E-state index in [9.17, 15) is 4.79 Å². The molecule has 2 aliphatic rings. The van der Waals surface area contributed by atoms with Gasteiger partial charge in [-0.25, -0.2) is 0 Å². The number of hydrogen-bond donors (Lipinski definition) is 0. The van der Waals surface area contributed by atoms with Crippen LogP contribution in [0.2, 0.25) is 0 Å². The molecule has 2 aliphatic carbocycles. The van der Waals surface area contributed by atoms with Crippen LogP contribution in [0.5, 0.6) is 0 Å². The Kier molecular flexibility index (Phi) is 4.49. The van der Waals surface area contributed by atoms with Crippen LogP contribution in [-0.2, 0) is 9.53 Å². The first-order valence-corrected chi connectivity index (χ1v) is 7.47. The molecule has 106 valence electrons. The van der Waals surface area contributed by atoms with Gasteiger partial charge in [-0.05, 0) is 61.9 Å². The molecule has 2 nitrogen and oxygen atoms in total. The maximum atomic E-state index is 10.9. The molecule has 1 saturated carbocycles. The fourth-order valence-electron chi connectivity index (χ4n) is 3.83. The van der Waals surface area contributed by atoms with Crippen molar-refractivity contribution in [3.63, 3.8) is 0 Å². The summed E-state index contributed by atoms with van der Waals surface area (Å²) in [7, 11) is 0. The minimum atomic E-state index is -0.211. The predicted octanol–water partition coefficient (Wildman–Crippen LogP) is 4.12. The van der Waals surface area contributed by atoms with Gasteiger partial charge >= 0.3 is 5.97 Å². The number of carbonyl (C=O) groups excluding carboxylic acids is 1. The lowest BCUT2D eigenvalue weighted by atomic mass is 9.61. The van der Waals surface area contributed by atoms with E-state index < -0.39 is 0 Å². The highest BCUT2D eigenvalue weighted by molar-refractivity contribution is 5.66. The maximum absolute atomic E-state index is 10.9. The smallest absolute Gasteiger partial charge is 0.302 e. The lowest BCUT2D eigenvalue weighted by molar-refractivity contribution is -0.140. The molecule has 0 bridgehead atoms. The lowest BCUT2D eigenvalue weighted by Gasteiger charge is -2.44. The van der Waals surface area contributed by atoms with E-state index >= 15 is 0 Å². The number of esters is 1. The van der Waals surface area contributed by atoms with Crippen molar-refractivity contribution in [2.75, 3.05) is 6.61 Å². The van der Waals surface area contributed by atoms with Gasteiger partial charge in [-0.15, -0.1) is 0 Å². The van der Waals surface area contributed by atoms with Crippen molar-refractivity contribution in [2.45, 2.75) is 46.5 Å². The molecular weight excluding hydrogens is 236 g/mol. The van der Waals surface area contributed by atoms with Crippen LogP contribution in [0.15, 0.2) is 23.8 Å². The largest absolute Gasteiger partial charge is 0.461 e. The summed E-state index contributed by atoms with van der Waals surface area (Å²) in [5, 5.41) is 0. The SMILES string of the molecule is C=C(COC(C)=O)[C@@H]1CC[C@@H](C)[C@@H]2CCC(C)=C[C@H]21. The molecule has 0 amide bonds. The van der Waals surface area contributed by atoms with Crippen LogP contribution < -0.4 is 0 Å². The van der Waals surface area contributed by atoms with E-state index in [0.717, 1.165) is 17.4 Å². The molecule has 0 aromatic rings. The third-order valence-electron chi connectivity index (χ3n) is 4.96. The second-order valence-electron chi connectivity index (χ2n) is 6.39. The zero-order valence-corrected chi connectivity index (χ0v) is 12.4. The topological polar surface area (TPSA) is 26.3 Å². The third-order valence-corrected chi connectivity index (χ3v) is 4.96. The van der Waals surface area contributed by atoms with E-state index in [2.05, 4.69) is 26.5 Å². The number of fused-ring (bicyclic) bond motifs is 1. The predicted molar refractivity (Wildman–Crippen MR) is 77.6 cm³/mol. The first kappa shape index (κ1) is 14.4. The van der Waals surface area contributed by atoms with Gasteiger partial charge in [0.1, 0.15) is 6.61 Å². The summed E-state index contributed by atoms with van der Waals surface area (Å²) in [6.45, 7) is 10.7. The normalized spacial score (nSPS) is 34.2. The number of hydrogen-bond acceptors (Lipinski definition) is 2. The highest BCUT2D eigenvalue weighted by Crippen LogP contribution is 2.47. The molecule has 4 atom stereocenters. The standard InChI is InChI=1S/C17H26O2/c1-11-5-7-15-12(2)6-8-16(17(15)9-11)13(3)10-19-14(4)18/h9,12,15-17H,3,5-8,10H2,1-2,4H3/t12-,15+,16+,17-/m1/s1. The van der Waals surface area contributed by atoms with Gasteiger partial charge in [0.25, 0.3) is 0 Å². The van der Waals surface area contributed by atoms with E-state index in [0.29, 0.717) is 18.4 Å². The Morgan fingerprint density at radius 3 is 2.84 bits per heavy atom. The van der Waals surface area contributed by atoms with Gasteiger partial charge in [0.05, 0.1) is 0 Å². The molecular formula is C17H26O2. The monoisotopic (exact) mass is 262 g/mol. The zero-order chi connectivity index (χ0) is 14.0. The number of ether oxygens (including phenoxy) is 1. The summed E-state index contributed by atoms with van der Waals surface area (Å²) < 4.78 is 5.13. The van der Waals surface area contributed by atoms with E-state index in [4.69, 9.17) is 4.74 Å². The lowest BCUT2D eigenvalue weighted by Crippen LogP contribution is -2.36. The van der Waals surface area contributed by atoms with Crippen LogP contribution in [-0.4, -0.2) is 12.6 Å². The highest BCUT2D eigenvalue weighted by Gasteiger charge is 2.38. The van der Waals surface area contributed by atoms with Gasteiger partial charge in [0.15, 0.2) is 0 Å². The van der Waals surface area contributed by atoms with Crippen LogP contribution in [0.4, 0.5) is 0 Å². The third kappa shape index (κ3) is 3.29. The maximum Gasteiger partial charge on any atom is 0.302 e. The fourth-order valence-corrected chi connectivity index (χ4v) is 3.83. The summed E-state index contributed by atoms with van der Waals surface area (Å²) in [4.78, 5) is 10.9. The quantitative estimate of drug-likeness (QED) is 0.565. The Labute approximate surface area is 116 Å². The average Bonchev–Trinajstić information content (AvgIpc) is 2.36. The summed E-state index contributed by atoms with van der Waals surface area (Å²) in [6.07, 6.45) is 7.48. The summed E-state index contributed by atoms with van der Waals surface area (Å²) in [5.74, 6) is 2.50. The Balaban J connectivity index is 2.09. The molecule has 0 radical (unpaired) electrons.